The van der Waals surface area contributed by atoms with Crippen molar-refractivity contribution in [2.75, 3.05) is 5.75 Å². The molecule has 0 unspecified atom stereocenters. The van der Waals surface area contributed by atoms with Gasteiger partial charge in [0.15, 0.2) is 4.34 Å². The molecule has 0 aliphatic carbocycles. The number of nitrogens with zero attached hydrogens (tertiary/aromatic N) is 4. The SMILES string of the molecule is CCc1nsc(SCCn2cc([N+](=O)[O-])ccc2=O)n1. The molecule has 0 N–H and O–H groups in total. The van der Waals surface area contributed by atoms with Crippen LogP contribution in [0.5, 0.6) is 0 Å². The molecule has 0 saturated heterocycles. The highest BCUT2D eigenvalue weighted by Crippen LogP contribution is 2.20. The van der Waals surface area contributed by atoms with Gasteiger partial charge in [-0.1, -0.05) is 18.7 Å². The second-order valence-corrected chi connectivity index (χ2v) is 5.95. The van der Waals surface area contributed by atoms with E-state index in [1.807, 2.05) is 6.92 Å². The lowest BCUT2D eigenvalue weighted by atomic mass is 10.4. The molecule has 0 saturated carbocycles. The first-order valence-electron chi connectivity index (χ1n) is 5.90. The maximum absolute atomic E-state index is 11.6. The number of pyridine rings is 1. The maximum Gasteiger partial charge on any atom is 0.285 e. The Morgan fingerprint density at radius 2 is 2.30 bits per heavy atom. The quantitative estimate of drug-likeness (QED) is 0.460. The summed E-state index contributed by atoms with van der Waals surface area (Å²) in [7, 11) is 0. The standard InChI is InChI=1S/C11H12N4O3S2/c1-2-9-12-11(20-13-9)19-6-5-14-7-8(15(17)18)3-4-10(14)16/h3-4,7H,2,5-6H2,1H3. The van der Waals surface area contributed by atoms with Crippen LogP contribution in [0.1, 0.15) is 12.7 Å². The summed E-state index contributed by atoms with van der Waals surface area (Å²) in [6, 6.07) is 2.42. The Kier molecular flexibility index (Phi) is 4.85. The first-order valence-corrected chi connectivity index (χ1v) is 7.66. The number of hydrogen-bond acceptors (Lipinski definition) is 7. The van der Waals surface area contributed by atoms with Crippen LogP contribution in [-0.2, 0) is 13.0 Å². The molecule has 0 aliphatic rings. The van der Waals surface area contributed by atoms with Gasteiger partial charge in [-0.2, -0.15) is 4.37 Å². The third-order valence-corrected chi connectivity index (χ3v) is 4.35. The van der Waals surface area contributed by atoms with Gasteiger partial charge < -0.3 is 4.57 Å². The summed E-state index contributed by atoms with van der Waals surface area (Å²) in [5.74, 6) is 1.42. The zero-order chi connectivity index (χ0) is 14.5. The van der Waals surface area contributed by atoms with E-state index < -0.39 is 4.92 Å². The molecule has 9 heteroatoms. The molecule has 2 aromatic rings. The smallest absolute Gasteiger partial charge is 0.285 e. The van der Waals surface area contributed by atoms with Crippen molar-refractivity contribution >= 4 is 29.0 Å². The van der Waals surface area contributed by atoms with Gasteiger partial charge in [0.1, 0.15) is 5.82 Å². The summed E-state index contributed by atoms with van der Waals surface area (Å²) in [5.41, 5.74) is -0.332. The molecular formula is C11H12N4O3S2. The Balaban J connectivity index is 1.98. The maximum atomic E-state index is 11.6. The van der Waals surface area contributed by atoms with Crippen molar-refractivity contribution in [3.05, 3.63) is 44.6 Å². The number of aryl methyl sites for hydroxylation is 2. The molecule has 0 atom stereocenters. The largest absolute Gasteiger partial charge is 0.308 e. The molecule has 106 valence electrons. The molecule has 7 nitrogen and oxygen atoms in total. The Morgan fingerprint density at radius 3 is 2.95 bits per heavy atom. The Morgan fingerprint density at radius 1 is 1.50 bits per heavy atom. The first-order chi connectivity index (χ1) is 9.60. The number of hydrogen-bond donors (Lipinski definition) is 0. The van der Waals surface area contributed by atoms with Crippen molar-refractivity contribution in [1.82, 2.24) is 13.9 Å². The summed E-state index contributed by atoms with van der Waals surface area (Å²) in [4.78, 5) is 26.0. The van der Waals surface area contributed by atoms with E-state index >= 15 is 0 Å². The van der Waals surface area contributed by atoms with Crippen molar-refractivity contribution in [1.29, 1.82) is 0 Å². The predicted molar refractivity (Wildman–Crippen MR) is 77.4 cm³/mol. The van der Waals surface area contributed by atoms with Crippen LogP contribution in [0.15, 0.2) is 27.5 Å². The minimum absolute atomic E-state index is 0.0845. The van der Waals surface area contributed by atoms with Crippen LogP contribution in [0.2, 0.25) is 0 Å². The fraction of sp³-hybridized carbons (Fsp3) is 0.364. The van der Waals surface area contributed by atoms with E-state index in [-0.39, 0.29) is 11.2 Å². The molecule has 0 aliphatic heterocycles. The van der Waals surface area contributed by atoms with Gasteiger partial charge in [0.05, 0.1) is 11.1 Å². The molecule has 0 spiro atoms. The zero-order valence-electron chi connectivity index (χ0n) is 10.7. The van der Waals surface area contributed by atoms with Crippen LogP contribution in [0, 0.1) is 10.1 Å². The number of rotatable bonds is 6. The van der Waals surface area contributed by atoms with Crippen molar-refractivity contribution in [2.45, 2.75) is 24.2 Å². The Bertz CT molecular complexity index is 668. The van der Waals surface area contributed by atoms with Gasteiger partial charge in [0.2, 0.25) is 0 Å². The lowest BCUT2D eigenvalue weighted by Gasteiger charge is -2.03. The van der Waals surface area contributed by atoms with E-state index in [2.05, 4.69) is 9.36 Å². The normalized spacial score (nSPS) is 10.7. The minimum atomic E-state index is -0.513. The summed E-state index contributed by atoms with van der Waals surface area (Å²) in [5, 5.41) is 10.7. The van der Waals surface area contributed by atoms with Crippen molar-refractivity contribution in [3.8, 4) is 0 Å². The topological polar surface area (TPSA) is 90.9 Å². The molecule has 20 heavy (non-hydrogen) atoms. The monoisotopic (exact) mass is 312 g/mol. The molecular weight excluding hydrogens is 300 g/mol. The highest BCUT2D eigenvalue weighted by Gasteiger charge is 2.08. The average molecular weight is 312 g/mol. The van der Waals surface area contributed by atoms with E-state index in [0.29, 0.717) is 12.3 Å². The summed E-state index contributed by atoms with van der Waals surface area (Å²) in [6.07, 6.45) is 2.06. The van der Waals surface area contributed by atoms with Crippen LogP contribution in [0.4, 0.5) is 5.69 Å². The average Bonchev–Trinajstić information content (AvgIpc) is 2.88. The molecule has 0 aromatic carbocycles. The van der Waals surface area contributed by atoms with Gasteiger partial charge >= 0.3 is 0 Å². The van der Waals surface area contributed by atoms with Crippen molar-refractivity contribution < 1.29 is 4.92 Å². The van der Waals surface area contributed by atoms with Crippen LogP contribution in [0.25, 0.3) is 0 Å². The Hall–Kier alpha value is -1.74. The van der Waals surface area contributed by atoms with E-state index in [1.54, 1.807) is 0 Å². The third kappa shape index (κ3) is 3.64. The van der Waals surface area contributed by atoms with Gasteiger partial charge in [0, 0.05) is 30.9 Å². The first kappa shape index (κ1) is 14.7. The van der Waals surface area contributed by atoms with E-state index in [1.165, 1.54) is 46.2 Å². The molecule has 2 heterocycles. The lowest BCUT2D eigenvalue weighted by Crippen LogP contribution is -2.19. The third-order valence-electron chi connectivity index (χ3n) is 2.50. The van der Waals surface area contributed by atoms with Crippen LogP contribution in [-0.4, -0.2) is 24.6 Å². The molecule has 0 bridgehead atoms. The van der Waals surface area contributed by atoms with E-state index in [4.69, 9.17) is 0 Å². The number of thioether (sulfide) groups is 1. The van der Waals surface area contributed by atoms with E-state index in [0.717, 1.165) is 16.6 Å². The van der Waals surface area contributed by atoms with Crippen molar-refractivity contribution in [2.24, 2.45) is 0 Å². The van der Waals surface area contributed by atoms with Gasteiger partial charge in [0.25, 0.3) is 11.2 Å². The van der Waals surface area contributed by atoms with Crippen LogP contribution < -0.4 is 5.56 Å². The molecule has 2 rings (SSSR count). The summed E-state index contributed by atoms with van der Waals surface area (Å²) < 4.78 is 6.35. The zero-order valence-corrected chi connectivity index (χ0v) is 12.3. The van der Waals surface area contributed by atoms with Crippen LogP contribution >= 0.6 is 23.3 Å². The second-order valence-electron chi connectivity index (χ2n) is 3.85. The fourth-order valence-corrected chi connectivity index (χ4v) is 3.18. The number of aromatic nitrogens is 3. The van der Waals surface area contributed by atoms with Gasteiger partial charge in [-0.15, -0.1) is 0 Å². The summed E-state index contributed by atoms with van der Waals surface area (Å²) >= 11 is 2.82. The van der Waals surface area contributed by atoms with Crippen LogP contribution in [0.3, 0.4) is 0 Å². The fourth-order valence-electron chi connectivity index (χ4n) is 1.47. The highest BCUT2D eigenvalue weighted by atomic mass is 32.2. The highest BCUT2D eigenvalue weighted by molar-refractivity contribution is 8.00. The molecule has 0 amide bonds. The molecule has 2 aromatic heterocycles. The van der Waals surface area contributed by atoms with Gasteiger partial charge in [-0.3, -0.25) is 14.9 Å². The summed E-state index contributed by atoms with van der Waals surface area (Å²) in [6.45, 7) is 2.38. The van der Waals surface area contributed by atoms with Crippen molar-refractivity contribution in [3.63, 3.8) is 0 Å². The second kappa shape index (κ2) is 6.62. The predicted octanol–water partition coefficient (Wildman–Crippen LogP) is 1.96. The molecule has 0 radical (unpaired) electrons. The van der Waals surface area contributed by atoms with Gasteiger partial charge in [-0.05, 0) is 11.5 Å². The number of nitro groups is 1. The Labute approximate surface area is 123 Å². The van der Waals surface area contributed by atoms with E-state index in [9.17, 15) is 14.9 Å². The minimum Gasteiger partial charge on any atom is -0.308 e. The lowest BCUT2D eigenvalue weighted by molar-refractivity contribution is -0.385. The molecule has 0 fully saturated rings. The van der Waals surface area contributed by atoms with Gasteiger partial charge in [-0.25, -0.2) is 4.98 Å².